The van der Waals surface area contributed by atoms with Crippen LogP contribution in [0.2, 0.25) is 0 Å². The van der Waals surface area contributed by atoms with Gasteiger partial charge in [-0.1, -0.05) is 30.3 Å². The van der Waals surface area contributed by atoms with Gasteiger partial charge in [-0.25, -0.2) is 10.9 Å². The predicted octanol–water partition coefficient (Wildman–Crippen LogP) is -4.82. The lowest BCUT2D eigenvalue weighted by atomic mass is 9.96. The van der Waals surface area contributed by atoms with Crippen LogP contribution in [0, 0.1) is 0 Å². The number of hydrazone groups is 1. The third kappa shape index (κ3) is 28.2. The number of aliphatic hydroxyl groups is 7. The summed E-state index contributed by atoms with van der Waals surface area (Å²) in [6, 6.07) is 9.29. The predicted molar refractivity (Wildman–Crippen MR) is 334 cm³/mol. The standard InChI is InChI=1S/C61H96N12O21/c1-35(66-36(2)76)57(88)69-42(29-37-17-7-6-8-18-37)59(90)68-40(56(62)87)19-11-14-26-63-49(81)32-64-58(89)41(20-12-15-27-73(3,4)5)67-46(78)21-13-16-28-91-39-25-24-38(43(77)30-39)31-65-70-47(79)22-9-10-23-48(80)71-72-60-53(85)52(84)55(45(34-75)92-60)94-61-54(86)51(83)50(82)44(33-74)93-61/h6-8,17-18,24-25,30-31,35,40-42,44-45,50-55,60-61,72,74-75,82-86H,9-16,19-23,26-29,32-34H2,1-5H3,(H10-,62,63,64,65,66,67,68,69,70,71,76,77,78,79,80,81,87,88,89,90)/p+1/t35?,40?,41?,42?,44-,45-,50+,51+,52-,53-,54-,55-,60?,61+/m0/s1. The van der Waals surface area contributed by atoms with Gasteiger partial charge in [0.15, 0.2) is 12.5 Å². The maximum absolute atomic E-state index is 13.5. The molecule has 2 aliphatic rings. The van der Waals surface area contributed by atoms with E-state index >= 15 is 0 Å². The number of rotatable bonds is 41. The molecule has 33 heteroatoms. The van der Waals surface area contributed by atoms with Gasteiger partial charge in [-0.2, -0.15) is 5.10 Å². The topological polar surface area (TPSA) is 499 Å². The van der Waals surface area contributed by atoms with Gasteiger partial charge in [0.1, 0.15) is 84.5 Å². The number of benzene rings is 2. The lowest BCUT2D eigenvalue weighted by Gasteiger charge is -2.46. The number of hydrazine groups is 1. The summed E-state index contributed by atoms with van der Waals surface area (Å²) >= 11 is 0. The van der Waals surface area contributed by atoms with E-state index in [2.05, 4.69) is 53.3 Å². The molecule has 2 fully saturated rings. The Morgan fingerprint density at radius 1 is 0.660 bits per heavy atom. The van der Waals surface area contributed by atoms with Gasteiger partial charge in [0.05, 0.1) is 60.3 Å². The molecule has 0 radical (unpaired) electrons. The molecule has 19 N–H and O–H groups in total. The van der Waals surface area contributed by atoms with Crippen molar-refractivity contribution in [3.8, 4) is 11.5 Å². The Balaban J connectivity index is 1.12. The molecule has 94 heavy (non-hydrogen) atoms. The largest absolute Gasteiger partial charge is 0.507 e. The normalized spacial score (nSPS) is 22.5. The van der Waals surface area contributed by atoms with E-state index in [-0.39, 0.29) is 81.9 Å². The van der Waals surface area contributed by atoms with E-state index in [0.29, 0.717) is 48.8 Å². The molecule has 0 bridgehead atoms. The van der Waals surface area contributed by atoms with Crippen LogP contribution in [-0.2, 0) is 63.8 Å². The van der Waals surface area contributed by atoms with E-state index in [0.717, 1.165) is 18.5 Å². The van der Waals surface area contributed by atoms with Crippen LogP contribution in [0.4, 0.5) is 0 Å². The van der Waals surface area contributed by atoms with E-state index < -0.39 is 146 Å². The van der Waals surface area contributed by atoms with E-state index in [1.54, 1.807) is 36.4 Å². The van der Waals surface area contributed by atoms with Crippen LogP contribution in [0.1, 0.15) is 108 Å². The third-order valence-electron chi connectivity index (χ3n) is 15.2. The van der Waals surface area contributed by atoms with E-state index in [4.69, 9.17) is 24.7 Å². The number of aliphatic hydroxyl groups excluding tert-OH is 7. The summed E-state index contributed by atoms with van der Waals surface area (Å²) in [6.07, 6.45) is -11.0. The lowest BCUT2D eigenvalue weighted by molar-refractivity contribution is -0.870. The summed E-state index contributed by atoms with van der Waals surface area (Å²) in [4.78, 5) is 115. The maximum atomic E-state index is 13.5. The summed E-state index contributed by atoms with van der Waals surface area (Å²) in [5.41, 5.74) is 13.7. The number of aromatic hydroxyl groups is 1. The molecule has 9 amide bonds. The molecular formula is C61H97N12O21+. The van der Waals surface area contributed by atoms with Crippen molar-refractivity contribution in [1.82, 2.24) is 48.2 Å². The zero-order valence-electron chi connectivity index (χ0n) is 53.8. The van der Waals surface area contributed by atoms with Gasteiger partial charge in [0.2, 0.25) is 53.2 Å². The van der Waals surface area contributed by atoms with Gasteiger partial charge < -0.3 is 102 Å². The van der Waals surface area contributed by atoms with E-state index in [1.807, 2.05) is 21.1 Å². The number of hydrogen-bond acceptors (Lipinski definition) is 23. The third-order valence-corrected chi connectivity index (χ3v) is 15.2. The van der Waals surface area contributed by atoms with Crippen molar-refractivity contribution < 1.29 is 107 Å². The molecule has 4 rings (SSSR count). The van der Waals surface area contributed by atoms with Gasteiger partial charge in [-0.3, -0.25) is 48.6 Å². The molecule has 0 saturated carbocycles. The Bertz CT molecular complexity index is 2780. The quantitative estimate of drug-likeness (QED) is 0.0129. The minimum Gasteiger partial charge on any atom is -0.507 e. The molecule has 33 nitrogen and oxygen atoms in total. The molecule has 0 aromatic heterocycles. The van der Waals surface area contributed by atoms with Crippen molar-refractivity contribution in [3.63, 3.8) is 0 Å². The SMILES string of the molecule is CC(=O)NC(C)C(=O)NC(Cc1ccccc1)C(=O)NC(CCCCNC(=O)CNC(=O)C(CCCC[N+](C)(C)C)NC(=O)CCCCOc1ccc(C=NNC(=O)CCCCC(=O)NNC2O[C@@H](CO)[C@H](O[C@H]3O[C@@H](CO)[C@@H](O)[C@@H](O)[C@@H]3O)[C@@H](O)[C@@H]2O)c(O)c1)C(N)=O. The summed E-state index contributed by atoms with van der Waals surface area (Å²) in [7, 11) is 6.13. The van der Waals surface area contributed by atoms with Gasteiger partial charge in [0.25, 0.3) is 0 Å². The Morgan fingerprint density at radius 2 is 1.31 bits per heavy atom. The molecule has 526 valence electrons. The number of phenols is 1. The number of ether oxygens (including phenoxy) is 4. The van der Waals surface area contributed by atoms with Crippen molar-refractivity contribution in [2.75, 3.05) is 60.6 Å². The highest BCUT2D eigenvalue weighted by Gasteiger charge is 2.50. The molecule has 5 unspecified atom stereocenters. The monoisotopic (exact) mass is 1330 g/mol. The number of unbranched alkanes of at least 4 members (excludes halogenated alkanes) is 4. The van der Waals surface area contributed by atoms with Crippen molar-refractivity contribution in [1.29, 1.82) is 0 Å². The first-order valence-electron chi connectivity index (χ1n) is 31.4. The zero-order valence-corrected chi connectivity index (χ0v) is 53.8. The second-order valence-electron chi connectivity index (χ2n) is 24.1. The number of nitrogens with two attached hydrogens (primary N) is 1. The number of carbonyl (C=O) groups is 9. The Hall–Kier alpha value is -7.54. The number of nitrogens with one attached hydrogen (secondary N) is 9. The Kier molecular flexibility index (Phi) is 34.1. The summed E-state index contributed by atoms with van der Waals surface area (Å²) < 4.78 is 22.8. The molecule has 2 saturated heterocycles. The second kappa shape index (κ2) is 40.7. The van der Waals surface area contributed by atoms with Crippen molar-refractivity contribution in [3.05, 3.63) is 59.7 Å². The fourth-order valence-corrected chi connectivity index (χ4v) is 9.83. The first kappa shape index (κ1) is 78.9. The smallest absolute Gasteiger partial charge is 0.243 e. The van der Waals surface area contributed by atoms with Gasteiger partial charge in [-0.15, -0.1) is 0 Å². The molecule has 0 aliphatic carbocycles. The fraction of sp³-hybridized carbons (Fsp3) is 0.639. The van der Waals surface area contributed by atoms with Crippen LogP contribution < -0.4 is 58.6 Å². The van der Waals surface area contributed by atoms with Crippen LogP contribution >= 0.6 is 0 Å². The van der Waals surface area contributed by atoms with E-state index in [1.165, 1.54) is 32.2 Å². The minimum absolute atomic E-state index is 0.0212. The number of quaternary nitrogens is 1. The first-order chi connectivity index (χ1) is 44.6. The summed E-state index contributed by atoms with van der Waals surface area (Å²) in [5, 5.41) is 102. The molecular weight excluding hydrogens is 1240 g/mol. The molecule has 14 atom stereocenters. The number of primary amides is 1. The van der Waals surface area contributed by atoms with Crippen LogP contribution in [-0.4, -0.2) is 251 Å². The van der Waals surface area contributed by atoms with Crippen LogP contribution in [0.25, 0.3) is 0 Å². The highest BCUT2D eigenvalue weighted by molar-refractivity contribution is 5.94. The van der Waals surface area contributed by atoms with Crippen molar-refractivity contribution in [2.24, 2.45) is 10.8 Å². The van der Waals surface area contributed by atoms with Crippen LogP contribution in [0.15, 0.2) is 53.6 Å². The number of amides is 9. The molecule has 0 spiro atoms. The van der Waals surface area contributed by atoms with Crippen molar-refractivity contribution >= 4 is 59.4 Å². The summed E-state index contributed by atoms with van der Waals surface area (Å²) in [5.74, 6) is -4.83. The van der Waals surface area contributed by atoms with Gasteiger partial charge in [-0.05, 0) is 88.8 Å². The highest BCUT2D eigenvalue weighted by atomic mass is 16.7. The zero-order chi connectivity index (χ0) is 69.5. The lowest BCUT2D eigenvalue weighted by Crippen LogP contribution is -2.67. The van der Waals surface area contributed by atoms with Gasteiger partial charge >= 0.3 is 0 Å². The molecule has 2 aliphatic heterocycles. The Labute approximate surface area is 545 Å². The highest BCUT2D eigenvalue weighted by Crippen LogP contribution is 2.29. The molecule has 2 aromatic carbocycles. The number of carbonyl (C=O) groups excluding carboxylic acids is 9. The molecule has 2 heterocycles. The van der Waals surface area contributed by atoms with Crippen LogP contribution in [0.3, 0.4) is 0 Å². The minimum atomic E-state index is -1.83. The fourth-order valence-electron chi connectivity index (χ4n) is 9.83. The number of phenolic OH excluding ortho intramolecular Hbond substituents is 1. The Morgan fingerprint density at radius 3 is 1.97 bits per heavy atom. The second-order valence-corrected chi connectivity index (χ2v) is 24.1. The maximum Gasteiger partial charge on any atom is 0.243 e. The average molecular weight is 1330 g/mol. The number of nitrogens with zero attached hydrogens (tertiary/aromatic N) is 2. The van der Waals surface area contributed by atoms with Crippen molar-refractivity contribution in [2.45, 2.75) is 189 Å². The molecule has 2 aromatic rings. The average Bonchev–Trinajstić information content (AvgIpc) is 0.791. The van der Waals surface area contributed by atoms with Crippen LogP contribution in [0.5, 0.6) is 11.5 Å². The number of hydrogen-bond donors (Lipinski definition) is 18. The summed E-state index contributed by atoms with van der Waals surface area (Å²) in [6.45, 7) is 2.02. The van der Waals surface area contributed by atoms with E-state index in [9.17, 15) is 84.0 Å². The first-order valence-corrected chi connectivity index (χ1v) is 31.4. The van der Waals surface area contributed by atoms with Gasteiger partial charge in [0, 0.05) is 50.8 Å².